The van der Waals surface area contributed by atoms with Crippen molar-refractivity contribution >= 4 is 17.7 Å². The predicted molar refractivity (Wildman–Crippen MR) is 76.3 cm³/mol. The highest BCUT2D eigenvalue weighted by Gasteiger charge is 2.30. The smallest absolute Gasteiger partial charge is 0.230 e. The van der Waals surface area contributed by atoms with Crippen LogP contribution < -0.4 is 5.32 Å². The van der Waals surface area contributed by atoms with Gasteiger partial charge < -0.3 is 9.88 Å². The second-order valence-electron chi connectivity index (χ2n) is 5.02. The summed E-state index contributed by atoms with van der Waals surface area (Å²) in [5.74, 6) is 2.16. The Hall–Kier alpha value is -1.04. The lowest BCUT2D eigenvalue weighted by molar-refractivity contribution is -0.119. The van der Waals surface area contributed by atoms with Crippen molar-refractivity contribution in [3.63, 3.8) is 0 Å². The Bertz CT molecular complexity index is 442. The molecule has 0 spiro atoms. The molecule has 1 aliphatic rings. The van der Waals surface area contributed by atoms with Crippen molar-refractivity contribution < 1.29 is 4.79 Å². The van der Waals surface area contributed by atoms with Crippen LogP contribution in [0.1, 0.15) is 51.8 Å². The van der Waals surface area contributed by atoms with Crippen LogP contribution in [0.15, 0.2) is 5.16 Å². The Kier molecular flexibility index (Phi) is 4.85. The molecular weight excluding hydrogens is 260 g/mol. The minimum absolute atomic E-state index is 0.0676. The van der Waals surface area contributed by atoms with Gasteiger partial charge in [0.2, 0.25) is 5.91 Å². The number of rotatable bonds is 7. The average Bonchev–Trinajstić information content (AvgIpc) is 3.16. The van der Waals surface area contributed by atoms with Crippen molar-refractivity contribution in [1.82, 2.24) is 20.1 Å². The molecule has 1 atom stereocenters. The second kappa shape index (κ2) is 6.41. The fourth-order valence-corrected chi connectivity index (χ4v) is 2.72. The fraction of sp³-hybridized carbons (Fsp3) is 0.769. The van der Waals surface area contributed by atoms with E-state index >= 15 is 0 Å². The Balaban J connectivity index is 1.90. The molecule has 106 valence electrons. The van der Waals surface area contributed by atoms with Gasteiger partial charge in [-0.05, 0) is 33.1 Å². The van der Waals surface area contributed by atoms with E-state index in [1.54, 1.807) is 0 Å². The van der Waals surface area contributed by atoms with Gasteiger partial charge in [0, 0.05) is 18.5 Å². The lowest BCUT2D eigenvalue weighted by atomic mass is 10.3. The maximum absolute atomic E-state index is 11.7. The molecular formula is C13H22N4OS. The van der Waals surface area contributed by atoms with Crippen LogP contribution in [0, 0.1) is 0 Å². The van der Waals surface area contributed by atoms with Crippen LogP contribution in [0.3, 0.4) is 0 Å². The van der Waals surface area contributed by atoms with E-state index in [1.165, 1.54) is 24.6 Å². The molecule has 5 nitrogen and oxygen atoms in total. The van der Waals surface area contributed by atoms with E-state index in [0.29, 0.717) is 11.7 Å². The molecule has 0 bridgehead atoms. The SMILES string of the molecule is CC[C@H](C)NC(=O)CSc1nnc(C2CC2)n1CC. The standard InChI is InChI=1S/C13H22N4OS/c1-4-9(3)14-11(18)8-19-13-16-15-12(10-6-7-10)17(13)5-2/h9-10H,4-8H2,1-3H3,(H,14,18)/t9-/m0/s1. The Morgan fingerprint density at radius 3 is 2.79 bits per heavy atom. The zero-order valence-corrected chi connectivity index (χ0v) is 12.7. The minimum atomic E-state index is 0.0676. The molecule has 1 fully saturated rings. The number of amides is 1. The fourth-order valence-electron chi connectivity index (χ4n) is 1.90. The van der Waals surface area contributed by atoms with E-state index in [1.807, 2.05) is 6.92 Å². The van der Waals surface area contributed by atoms with Gasteiger partial charge in [0.05, 0.1) is 5.75 Å². The largest absolute Gasteiger partial charge is 0.353 e. The van der Waals surface area contributed by atoms with Crippen LogP contribution in [0.2, 0.25) is 0 Å². The molecule has 0 aromatic carbocycles. The summed E-state index contributed by atoms with van der Waals surface area (Å²) >= 11 is 1.48. The van der Waals surface area contributed by atoms with Crippen molar-refractivity contribution in [3.05, 3.63) is 5.82 Å². The van der Waals surface area contributed by atoms with Crippen LogP contribution in [0.5, 0.6) is 0 Å². The zero-order valence-electron chi connectivity index (χ0n) is 11.8. The summed E-state index contributed by atoms with van der Waals surface area (Å²) in [7, 11) is 0. The van der Waals surface area contributed by atoms with E-state index in [-0.39, 0.29) is 11.9 Å². The van der Waals surface area contributed by atoms with E-state index in [2.05, 4.69) is 33.9 Å². The van der Waals surface area contributed by atoms with Gasteiger partial charge in [-0.2, -0.15) is 0 Å². The van der Waals surface area contributed by atoms with Crippen LogP contribution in [0.25, 0.3) is 0 Å². The number of hydrogen-bond acceptors (Lipinski definition) is 4. The topological polar surface area (TPSA) is 59.8 Å². The van der Waals surface area contributed by atoms with Crippen LogP contribution in [0.4, 0.5) is 0 Å². The number of thioether (sulfide) groups is 1. The molecule has 1 heterocycles. The van der Waals surface area contributed by atoms with Gasteiger partial charge in [-0.25, -0.2) is 0 Å². The lowest BCUT2D eigenvalue weighted by Gasteiger charge is -2.11. The molecule has 0 radical (unpaired) electrons. The van der Waals surface area contributed by atoms with E-state index < -0.39 is 0 Å². The highest BCUT2D eigenvalue weighted by molar-refractivity contribution is 7.99. The van der Waals surface area contributed by atoms with Gasteiger partial charge >= 0.3 is 0 Å². The molecule has 1 aromatic rings. The van der Waals surface area contributed by atoms with E-state index in [0.717, 1.165) is 23.9 Å². The van der Waals surface area contributed by atoms with Gasteiger partial charge in [-0.1, -0.05) is 18.7 Å². The minimum Gasteiger partial charge on any atom is -0.353 e. The second-order valence-corrected chi connectivity index (χ2v) is 5.97. The molecule has 0 unspecified atom stereocenters. The first-order valence-electron chi connectivity index (χ1n) is 7.00. The molecule has 1 N–H and O–H groups in total. The Labute approximate surface area is 118 Å². The monoisotopic (exact) mass is 282 g/mol. The first kappa shape index (κ1) is 14.4. The third-order valence-electron chi connectivity index (χ3n) is 3.36. The third kappa shape index (κ3) is 3.72. The number of nitrogens with one attached hydrogen (secondary N) is 1. The van der Waals surface area contributed by atoms with Crippen LogP contribution >= 0.6 is 11.8 Å². The van der Waals surface area contributed by atoms with E-state index in [9.17, 15) is 4.79 Å². The molecule has 1 aromatic heterocycles. The molecule has 2 rings (SSSR count). The highest BCUT2D eigenvalue weighted by Crippen LogP contribution is 2.39. The summed E-state index contributed by atoms with van der Waals surface area (Å²) in [5.41, 5.74) is 0. The molecule has 1 aliphatic carbocycles. The van der Waals surface area contributed by atoms with Crippen LogP contribution in [-0.4, -0.2) is 32.5 Å². The van der Waals surface area contributed by atoms with Crippen molar-refractivity contribution in [2.24, 2.45) is 0 Å². The lowest BCUT2D eigenvalue weighted by Crippen LogP contribution is -2.33. The maximum atomic E-state index is 11.7. The summed E-state index contributed by atoms with van der Waals surface area (Å²) in [5, 5.41) is 12.3. The first-order valence-corrected chi connectivity index (χ1v) is 7.99. The number of carbonyl (C=O) groups is 1. The summed E-state index contributed by atoms with van der Waals surface area (Å²) in [6, 6.07) is 0.235. The normalized spacial score (nSPS) is 16.4. The maximum Gasteiger partial charge on any atom is 0.230 e. The van der Waals surface area contributed by atoms with Gasteiger partial charge in [0.1, 0.15) is 5.82 Å². The Morgan fingerprint density at radius 2 is 2.21 bits per heavy atom. The zero-order chi connectivity index (χ0) is 13.8. The number of hydrogen-bond donors (Lipinski definition) is 1. The summed E-state index contributed by atoms with van der Waals surface area (Å²) in [6.45, 7) is 7.04. The molecule has 19 heavy (non-hydrogen) atoms. The average molecular weight is 282 g/mol. The molecule has 0 aliphatic heterocycles. The number of carbonyl (C=O) groups excluding carboxylic acids is 1. The predicted octanol–water partition coefficient (Wildman–Crippen LogP) is 2.18. The summed E-state index contributed by atoms with van der Waals surface area (Å²) in [4.78, 5) is 11.7. The quantitative estimate of drug-likeness (QED) is 0.779. The van der Waals surface area contributed by atoms with Gasteiger partial charge in [-0.15, -0.1) is 10.2 Å². The first-order chi connectivity index (χ1) is 9.15. The third-order valence-corrected chi connectivity index (χ3v) is 4.32. The molecule has 0 saturated heterocycles. The van der Waals surface area contributed by atoms with Crippen LogP contribution in [-0.2, 0) is 11.3 Å². The van der Waals surface area contributed by atoms with Gasteiger partial charge in [-0.3, -0.25) is 4.79 Å². The summed E-state index contributed by atoms with van der Waals surface area (Å²) < 4.78 is 2.14. The number of nitrogens with zero attached hydrogens (tertiary/aromatic N) is 3. The van der Waals surface area contributed by atoms with Crippen molar-refractivity contribution in [1.29, 1.82) is 0 Å². The van der Waals surface area contributed by atoms with Crippen molar-refractivity contribution in [3.8, 4) is 0 Å². The van der Waals surface area contributed by atoms with Gasteiger partial charge in [0.25, 0.3) is 0 Å². The Morgan fingerprint density at radius 1 is 1.47 bits per heavy atom. The highest BCUT2D eigenvalue weighted by atomic mass is 32.2. The molecule has 1 amide bonds. The molecule has 6 heteroatoms. The van der Waals surface area contributed by atoms with E-state index in [4.69, 9.17) is 0 Å². The molecule has 1 saturated carbocycles. The van der Waals surface area contributed by atoms with Gasteiger partial charge in [0.15, 0.2) is 5.16 Å². The summed E-state index contributed by atoms with van der Waals surface area (Å²) in [6.07, 6.45) is 3.39. The number of aromatic nitrogens is 3. The van der Waals surface area contributed by atoms with Crippen molar-refractivity contribution in [2.45, 2.75) is 63.7 Å². The van der Waals surface area contributed by atoms with Crippen molar-refractivity contribution in [2.75, 3.05) is 5.75 Å².